The van der Waals surface area contributed by atoms with Gasteiger partial charge < -0.3 is 9.47 Å². The Morgan fingerprint density at radius 1 is 1.24 bits per heavy atom. The Labute approximate surface area is 125 Å². The molecule has 21 heavy (non-hydrogen) atoms. The van der Waals surface area contributed by atoms with E-state index in [1.807, 2.05) is 0 Å². The zero-order valence-corrected chi connectivity index (χ0v) is 13.1. The van der Waals surface area contributed by atoms with Crippen LogP contribution in [0, 0.1) is 5.41 Å². The van der Waals surface area contributed by atoms with E-state index in [1.165, 1.54) is 5.06 Å². The lowest BCUT2D eigenvalue weighted by Crippen LogP contribution is -2.31. The van der Waals surface area contributed by atoms with E-state index in [4.69, 9.17) is 14.3 Å². The predicted molar refractivity (Wildman–Crippen MR) is 79.5 cm³/mol. The quantitative estimate of drug-likeness (QED) is 0.837. The van der Waals surface area contributed by atoms with E-state index in [2.05, 4.69) is 13.8 Å². The number of carbonyl (C=O) groups is 1. The van der Waals surface area contributed by atoms with Crippen molar-refractivity contribution in [1.29, 1.82) is 0 Å². The fourth-order valence-corrected chi connectivity index (χ4v) is 2.53. The lowest BCUT2D eigenvalue weighted by Gasteiger charge is -2.23. The van der Waals surface area contributed by atoms with Crippen molar-refractivity contribution >= 4 is 5.91 Å². The van der Waals surface area contributed by atoms with Gasteiger partial charge in [0.25, 0.3) is 5.91 Å². The second-order valence-electron chi connectivity index (χ2n) is 5.39. The lowest BCUT2D eigenvalue weighted by atomic mass is 9.84. The van der Waals surface area contributed by atoms with Crippen molar-refractivity contribution in [3.8, 4) is 11.5 Å². The molecule has 0 saturated carbocycles. The fourth-order valence-electron chi connectivity index (χ4n) is 2.53. The van der Waals surface area contributed by atoms with Crippen LogP contribution in [-0.2, 0) is 4.84 Å². The normalized spacial score (nSPS) is 16.9. The highest BCUT2D eigenvalue weighted by atomic mass is 16.7. The van der Waals surface area contributed by atoms with Crippen LogP contribution in [0.5, 0.6) is 11.5 Å². The van der Waals surface area contributed by atoms with Crippen LogP contribution < -0.4 is 9.47 Å². The van der Waals surface area contributed by atoms with Gasteiger partial charge in [0.05, 0.1) is 27.4 Å². The molecule has 1 fully saturated rings. The topological polar surface area (TPSA) is 48.0 Å². The summed E-state index contributed by atoms with van der Waals surface area (Å²) in [4.78, 5) is 18.1. The van der Waals surface area contributed by atoms with Crippen LogP contribution in [0.4, 0.5) is 0 Å². The van der Waals surface area contributed by atoms with E-state index in [1.54, 1.807) is 32.4 Å². The summed E-state index contributed by atoms with van der Waals surface area (Å²) >= 11 is 0. The van der Waals surface area contributed by atoms with Crippen molar-refractivity contribution in [3.05, 3.63) is 23.8 Å². The minimum atomic E-state index is -0.139. The van der Waals surface area contributed by atoms with Crippen molar-refractivity contribution < 1.29 is 19.1 Å². The van der Waals surface area contributed by atoms with Gasteiger partial charge in [0.15, 0.2) is 11.5 Å². The molecule has 0 radical (unpaired) electrons. The average Bonchev–Trinajstić information content (AvgIpc) is 2.98. The molecular weight excluding hydrogens is 270 g/mol. The molecule has 1 aliphatic heterocycles. The third kappa shape index (κ3) is 2.97. The molecule has 0 aliphatic carbocycles. The first-order valence-electron chi connectivity index (χ1n) is 7.26. The maximum atomic E-state index is 12.5. The van der Waals surface area contributed by atoms with Crippen LogP contribution in [0.15, 0.2) is 18.2 Å². The molecule has 0 aromatic heterocycles. The van der Waals surface area contributed by atoms with Gasteiger partial charge in [-0.05, 0) is 31.0 Å². The molecule has 1 amide bonds. The third-order valence-corrected chi connectivity index (χ3v) is 4.36. The van der Waals surface area contributed by atoms with Crippen LogP contribution in [-0.4, -0.2) is 38.3 Å². The third-order valence-electron chi connectivity index (χ3n) is 4.36. The first kappa shape index (κ1) is 15.6. The summed E-state index contributed by atoms with van der Waals surface area (Å²) in [5.41, 5.74) is 0.613. The molecule has 1 heterocycles. The predicted octanol–water partition coefficient (Wildman–Crippen LogP) is 2.90. The summed E-state index contributed by atoms with van der Waals surface area (Å²) in [6.45, 7) is 5.50. The molecular formula is C16H23NO4. The van der Waals surface area contributed by atoms with Gasteiger partial charge in [-0.15, -0.1) is 0 Å². The summed E-state index contributed by atoms with van der Waals surface area (Å²) in [5, 5.41) is 1.47. The minimum Gasteiger partial charge on any atom is -0.493 e. The van der Waals surface area contributed by atoms with Gasteiger partial charge in [-0.25, -0.2) is 5.06 Å². The van der Waals surface area contributed by atoms with Crippen LogP contribution >= 0.6 is 0 Å². The molecule has 1 aliphatic rings. The van der Waals surface area contributed by atoms with E-state index < -0.39 is 0 Å². The first-order chi connectivity index (χ1) is 10.1. The first-order valence-corrected chi connectivity index (χ1v) is 7.26. The maximum Gasteiger partial charge on any atom is 0.277 e. The summed E-state index contributed by atoms with van der Waals surface area (Å²) in [7, 11) is 3.12. The van der Waals surface area contributed by atoms with E-state index in [9.17, 15) is 4.79 Å². The molecule has 0 atom stereocenters. The molecule has 116 valence electrons. The number of hydrogen-bond donors (Lipinski definition) is 0. The number of hydrogen-bond acceptors (Lipinski definition) is 4. The molecule has 0 N–H and O–H groups in total. The van der Waals surface area contributed by atoms with Gasteiger partial charge in [0.1, 0.15) is 0 Å². The molecule has 1 aromatic rings. The molecule has 1 saturated heterocycles. The monoisotopic (exact) mass is 293 g/mol. The van der Waals surface area contributed by atoms with Crippen molar-refractivity contribution in [2.24, 2.45) is 5.41 Å². The molecule has 1 aromatic carbocycles. The number of nitrogens with zero attached hydrogens (tertiary/aromatic N) is 1. The van der Waals surface area contributed by atoms with E-state index >= 15 is 0 Å². The lowest BCUT2D eigenvalue weighted by molar-refractivity contribution is -0.0782. The minimum absolute atomic E-state index is 0.0756. The average molecular weight is 293 g/mol. The largest absolute Gasteiger partial charge is 0.493 e. The van der Waals surface area contributed by atoms with E-state index in [-0.39, 0.29) is 11.3 Å². The van der Waals surface area contributed by atoms with Gasteiger partial charge in [0.2, 0.25) is 0 Å². The summed E-state index contributed by atoms with van der Waals surface area (Å²) in [5.74, 6) is 1.01. The number of benzene rings is 1. The molecule has 5 heteroatoms. The number of ether oxygens (including phenoxy) is 2. The Morgan fingerprint density at radius 2 is 1.90 bits per heavy atom. The van der Waals surface area contributed by atoms with E-state index in [0.29, 0.717) is 30.2 Å². The smallest absolute Gasteiger partial charge is 0.277 e. The fraction of sp³-hybridized carbons (Fsp3) is 0.562. The van der Waals surface area contributed by atoms with Crippen molar-refractivity contribution in [2.75, 3.05) is 27.4 Å². The second kappa shape index (κ2) is 6.35. The van der Waals surface area contributed by atoms with Gasteiger partial charge in [-0.1, -0.05) is 13.8 Å². The van der Waals surface area contributed by atoms with Crippen LogP contribution in [0.1, 0.15) is 37.0 Å². The van der Waals surface area contributed by atoms with E-state index in [0.717, 1.165) is 12.8 Å². The summed E-state index contributed by atoms with van der Waals surface area (Å²) in [6.07, 6.45) is 2.00. The number of methoxy groups -OCH3 is 2. The van der Waals surface area contributed by atoms with Gasteiger partial charge in [-0.2, -0.15) is 0 Å². The molecule has 2 rings (SSSR count). The number of carbonyl (C=O) groups excluding carboxylic acids is 1. The Kier molecular flexibility index (Phi) is 4.73. The zero-order valence-electron chi connectivity index (χ0n) is 13.1. The van der Waals surface area contributed by atoms with Gasteiger partial charge in [0, 0.05) is 11.0 Å². The van der Waals surface area contributed by atoms with Crippen molar-refractivity contribution in [2.45, 2.75) is 26.7 Å². The highest BCUT2D eigenvalue weighted by Gasteiger charge is 2.39. The SMILES string of the molecule is CCC1(CC)CON(C(=O)c2ccc(OC)c(OC)c2)C1. The van der Waals surface area contributed by atoms with Gasteiger partial charge in [-0.3, -0.25) is 9.63 Å². The number of amides is 1. The summed E-state index contributed by atoms with van der Waals surface area (Å²) < 4.78 is 10.4. The van der Waals surface area contributed by atoms with Crippen LogP contribution in [0.25, 0.3) is 0 Å². The Bertz CT molecular complexity index is 511. The Hall–Kier alpha value is -1.75. The summed E-state index contributed by atoms with van der Waals surface area (Å²) in [6, 6.07) is 5.14. The Balaban J connectivity index is 2.18. The second-order valence-corrected chi connectivity index (χ2v) is 5.39. The van der Waals surface area contributed by atoms with Crippen molar-refractivity contribution in [1.82, 2.24) is 5.06 Å². The number of rotatable bonds is 5. The Morgan fingerprint density at radius 3 is 2.43 bits per heavy atom. The van der Waals surface area contributed by atoms with Crippen molar-refractivity contribution in [3.63, 3.8) is 0 Å². The highest BCUT2D eigenvalue weighted by molar-refractivity contribution is 5.94. The van der Waals surface area contributed by atoms with Crippen LogP contribution in [0.3, 0.4) is 0 Å². The zero-order chi connectivity index (χ0) is 15.5. The molecule has 0 spiro atoms. The molecule has 0 bridgehead atoms. The van der Waals surface area contributed by atoms with Crippen LogP contribution in [0.2, 0.25) is 0 Å². The number of hydroxylamine groups is 2. The molecule has 5 nitrogen and oxygen atoms in total. The molecule has 0 unspecified atom stereocenters. The highest BCUT2D eigenvalue weighted by Crippen LogP contribution is 2.35. The standard InChI is InChI=1S/C16H23NO4/c1-5-16(6-2)10-17(21-11-16)15(18)12-7-8-13(19-3)14(9-12)20-4/h7-9H,5-6,10-11H2,1-4H3. The maximum absolute atomic E-state index is 12.5. The van der Waals surface area contributed by atoms with Gasteiger partial charge >= 0.3 is 0 Å².